The SMILES string of the molecule is CCCCC[B-](CCCCC)(CCCCC)CCCCC.CCCC[NH+](C)c1c(F)c(C)c(F)c(F)c1F. The highest BCUT2D eigenvalue weighted by molar-refractivity contribution is 6.79. The van der Waals surface area contributed by atoms with Gasteiger partial charge in [-0.3, -0.25) is 4.90 Å². The topological polar surface area (TPSA) is 4.44 Å². The molecule has 0 saturated carbocycles. The quantitative estimate of drug-likeness (QED) is 0.0546. The zero-order valence-corrected chi connectivity index (χ0v) is 26.0. The van der Waals surface area contributed by atoms with Crippen molar-refractivity contribution in [1.82, 2.24) is 0 Å². The van der Waals surface area contributed by atoms with Crippen LogP contribution in [0.5, 0.6) is 0 Å². The van der Waals surface area contributed by atoms with Gasteiger partial charge in [-0.15, -0.1) is 0 Å². The lowest BCUT2D eigenvalue weighted by Gasteiger charge is -2.40. The first-order valence-electron chi connectivity index (χ1n) is 16.0. The standard InChI is InChI=1S/C20H44B.C12H15F4N/c1-5-9-13-17-21(18-14-10-6-2,19-15-11-7-3)20-16-12-8-4;1-4-5-6-17(3)12-9(14)7(2)8(13)10(15)11(12)16/h5-20H2,1-4H3;4-6H2,1-3H3/q-1;/p+1. The van der Waals surface area contributed by atoms with Gasteiger partial charge >= 0.3 is 0 Å². The number of hydrogen-bond donors (Lipinski definition) is 1. The van der Waals surface area contributed by atoms with Crippen LogP contribution < -0.4 is 4.90 Å². The lowest BCUT2D eigenvalue weighted by atomic mass is 9.17. The van der Waals surface area contributed by atoms with Crippen molar-refractivity contribution in [3.8, 4) is 0 Å². The number of halogens is 4. The van der Waals surface area contributed by atoms with Crippen molar-refractivity contribution >= 4 is 11.8 Å². The average Bonchev–Trinajstić information content (AvgIpc) is 2.90. The molecule has 0 spiro atoms. The largest absolute Gasteiger partial charge is 0.300 e. The van der Waals surface area contributed by atoms with Crippen molar-refractivity contribution in [2.24, 2.45) is 0 Å². The van der Waals surface area contributed by atoms with Gasteiger partial charge in [-0.2, -0.15) is 34.1 Å². The molecule has 0 amide bonds. The Labute approximate surface area is 233 Å². The zero-order valence-electron chi connectivity index (χ0n) is 26.0. The van der Waals surface area contributed by atoms with E-state index in [2.05, 4.69) is 27.7 Å². The number of hydrogen-bond acceptors (Lipinski definition) is 0. The highest BCUT2D eigenvalue weighted by atomic mass is 19.2. The van der Waals surface area contributed by atoms with E-state index >= 15 is 0 Å². The molecular weight excluding hydrogens is 485 g/mol. The molecule has 224 valence electrons. The maximum Gasteiger partial charge on any atom is 0.225 e. The summed E-state index contributed by atoms with van der Waals surface area (Å²) in [5.41, 5.74) is -0.899. The maximum atomic E-state index is 13.7. The van der Waals surface area contributed by atoms with Gasteiger partial charge in [0.1, 0.15) is 0 Å². The minimum Gasteiger partial charge on any atom is -0.300 e. The van der Waals surface area contributed by atoms with Crippen LogP contribution in [0.25, 0.3) is 0 Å². The molecule has 1 aromatic rings. The second-order valence-electron chi connectivity index (χ2n) is 11.9. The van der Waals surface area contributed by atoms with Gasteiger partial charge in [0.15, 0.2) is 11.6 Å². The van der Waals surface area contributed by atoms with E-state index in [1.807, 2.05) is 6.92 Å². The van der Waals surface area contributed by atoms with Crippen molar-refractivity contribution < 1.29 is 22.5 Å². The molecule has 1 N–H and O–H groups in total. The average molecular weight is 546 g/mol. The Morgan fingerprint density at radius 3 is 1.21 bits per heavy atom. The highest BCUT2D eigenvalue weighted by Crippen LogP contribution is 2.34. The van der Waals surface area contributed by atoms with Crippen LogP contribution in [0.1, 0.15) is 130 Å². The molecule has 1 atom stereocenters. The molecule has 1 nitrogen and oxygen atoms in total. The van der Waals surface area contributed by atoms with Gasteiger partial charge in [-0.05, 0) is 13.3 Å². The van der Waals surface area contributed by atoms with Crippen molar-refractivity contribution in [2.75, 3.05) is 13.6 Å². The summed E-state index contributed by atoms with van der Waals surface area (Å²) in [7, 11) is 1.54. The fourth-order valence-electron chi connectivity index (χ4n) is 5.87. The summed E-state index contributed by atoms with van der Waals surface area (Å²) in [5.74, 6) is -5.49. The minimum atomic E-state index is -1.60. The van der Waals surface area contributed by atoms with Gasteiger partial charge in [0.25, 0.3) is 0 Å². The van der Waals surface area contributed by atoms with Crippen LogP contribution in [-0.4, -0.2) is 19.7 Å². The van der Waals surface area contributed by atoms with Crippen LogP contribution in [-0.2, 0) is 0 Å². The normalized spacial score (nSPS) is 12.4. The summed E-state index contributed by atoms with van der Waals surface area (Å²) in [6.45, 7) is 12.9. The summed E-state index contributed by atoms with van der Waals surface area (Å²) in [6.07, 6.45) is 25.2. The van der Waals surface area contributed by atoms with Crippen molar-refractivity contribution in [1.29, 1.82) is 0 Å². The fraction of sp³-hybridized carbons (Fsp3) is 0.812. The van der Waals surface area contributed by atoms with Gasteiger partial charge in [0.05, 0.1) is 13.6 Å². The molecule has 1 rings (SSSR count). The predicted molar refractivity (Wildman–Crippen MR) is 160 cm³/mol. The lowest BCUT2D eigenvalue weighted by Crippen LogP contribution is -3.04. The smallest absolute Gasteiger partial charge is 0.225 e. The van der Waals surface area contributed by atoms with Crippen LogP contribution in [0.15, 0.2) is 0 Å². The molecule has 1 unspecified atom stereocenters. The van der Waals surface area contributed by atoms with Crippen LogP contribution in [0, 0.1) is 30.2 Å². The Bertz CT molecular complexity index is 666. The molecule has 0 heterocycles. The van der Waals surface area contributed by atoms with Gasteiger partial charge in [-0.25, -0.2) is 8.78 Å². The first-order chi connectivity index (χ1) is 18.2. The van der Waals surface area contributed by atoms with E-state index in [-0.39, 0.29) is 6.15 Å². The molecule has 38 heavy (non-hydrogen) atoms. The van der Waals surface area contributed by atoms with Gasteiger partial charge in [0, 0.05) is 11.7 Å². The minimum absolute atomic E-state index is 0.0383. The van der Waals surface area contributed by atoms with E-state index in [0.29, 0.717) is 11.4 Å². The van der Waals surface area contributed by atoms with Crippen molar-refractivity contribution in [2.45, 2.75) is 157 Å². The molecule has 0 fully saturated rings. The third kappa shape index (κ3) is 13.4. The van der Waals surface area contributed by atoms with E-state index < -0.39 is 34.5 Å². The Kier molecular flexibility index (Phi) is 21.2. The van der Waals surface area contributed by atoms with Crippen LogP contribution >= 0.6 is 0 Å². The number of nitrogens with one attached hydrogen (secondary N) is 1. The Hall–Kier alpha value is -1.04. The maximum absolute atomic E-state index is 13.7. The number of quaternary nitrogens is 1. The Balaban J connectivity index is 0.000000735. The first kappa shape index (κ1) is 37.0. The third-order valence-corrected chi connectivity index (χ3v) is 8.50. The Morgan fingerprint density at radius 1 is 0.500 bits per heavy atom. The molecule has 0 bridgehead atoms. The molecule has 0 aromatic heterocycles. The molecule has 0 aliphatic carbocycles. The molecule has 6 heteroatoms. The summed E-state index contributed by atoms with van der Waals surface area (Å²) in [6, 6.07) is 0. The van der Waals surface area contributed by atoms with Crippen molar-refractivity contribution in [3.63, 3.8) is 0 Å². The molecular formula is C32H60BF4N. The first-order valence-corrected chi connectivity index (χ1v) is 16.0. The Morgan fingerprint density at radius 2 is 0.868 bits per heavy atom. The second kappa shape index (κ2) is 21.7. The molecule has 0 saturated heterocycles. The number of rotatable bonds is 20. The number of unbranched alkanes of at least 4 members (excludes halogenated alkanes) is 9. The lowest BCUT2D eigenvalue weighted by molar-refractivity contribution is -0.813. The van der Waals surface area contributed by atoms with E-state index in [1.54, 1.807) is 25.3 Å². The second-order valence-corrected chi connectivity index (χ2v) is 11.9. The van der Waals surface area contributed by atoms with Gasteiger partial charge in [0.2, 0.25) is 17.3 Å². The highest BCUT2D eigenvalue weighted by Gasteiger charge is 2.28. The molecule has 0 aliphatic rings. The van der Waals surface area contributed by atoms with E-state index in [1.165, 1.54) is 84.1 Å². The van der Waals surface area contributed by atoms with Crippen LogP contribution in [0.4, 0.5) is 23.2 Å². The molecule has 0 radical (unpaired) electrons. The fourth-order valence-corrected chi connectivity index (χ4v) is 5.87. The summed E-state index contributed by atoms with van der Waals surface area (Å²) < 4.78 is 53.5. The van der Waals surface area contributed by atoms with E-state index in [4.69, 9.17) is 0 Å². The van der Waals surface area contributed by atoms with Crippen LogP contribution in [0.3, 0.4) is 0 Å². The number of benzene rings is 1. The monoisotopic (exact) mass is 545 g/mol. The summed E-state index contributed by atoms with van der Waals surface area (Å²) in [4.78, 5) is 0.406. The van der Waals surface area contributed by atoms with Crippen LogP contribution in [0.2, 0.25) is 25.3 Å². The summed E-state index contributed by atoms with van der Waals surface area (Å²) >= 11 is 0. The van der Waals surface area contributed by atoms with Crippen molar-refractivity contribution in [3.05, 3.63) is 28.8 Å². The van der Waals surface area contributed by atoms with E-state index in [9.17, 15) is 17.6 Å². The zero-order chi connectivity index (χ0) is 29.0. The van der Waals surface area contributed by atoms with Gasteiger partial charge < -0.3 is 0 Å². The third-order valence-electron chi connectivity index (χ3n) is 8.50. The predicted octanol–water partition coefficient (Wildman–Crippen LogP) is 10.7. The van der Waals surface area contributed by atoms with Gasteiger partial charge in [-0.1, -0.05) is 118 Å². The molecule has 0 aliphatic heterocycles. The molecule has 1 aromatic carbocycles. The summed E-state index contributed by atoms with van der Waals surface area (Å²) in [5, 5.41) is 0. The van der Waals surface area contributed by atoms with E-state index in [0.717, 1.165) is 19.8 Å².